The molecule has 0 saturated heterocycles. The van der Waals surface area contributed by atoms with Crippen molar-refractivity contribution in [3.63, 3.8) is 0 Å². The molecule has 0 fully saturated rings. The number of carboxylic acids is 1. The Bertz CT molecular complexity index is 195. The molecular weight excluding hydrogens is 176 g/mol. The van der Waals surface area contributed by atoms with Crippen LogP contribution in [0.4, 0.5) is 0 Å². The smallest absolute Gasteiger partial charge is 0.323 e. The van der Waals surface area contributed by atoms with Gasteiger partial charge >= 0.3 is 5.97 Å². The van der Waals surface area contributed by atoms with Crippen molar-refractivity contribution in [3.8, 4) is 0 Å². The highest BCUT2D eigenvalue weighted by atomic mass is 16.4. The van der Waals surface area contributed by atoms with Crippen molar-refractivity contribution < 1.29 is 19.8 Å². The molecule has 6 nitrogen and oxygen atoms in total. The second-order valence-electron chi connectivity index (χ2n) is 2.74. The van der Waals surface area contributed by atoms with E-state index in [1.165, 1.54) is 6.92 Å². The normalized spacial score (nSPS) is 12.2. The van der Waals surface area contributed by atoms with E-state index in [1.807, 2.05) is 0 Å². The number of nitrogens with zero attached hydrogens (tertiary/aromatic N) is 1. The third-order valence-corrected chi connectivity index (χ3v) is 1.46. The Kier molecular flexibility index (Phi) is 5.01. The third-order valence-electron chi connectivity index (χ3n) is 1.46. The molecule has 0 unspecified atom stereocenters. The molecule has 0 aromatic heterocycles. The lowest BCUT2D eigenvalue weighted by atomic mass is 10.3. The topological polar surface area (TPSA) is 104 Å². The van der Waals surface area contributed by atoms with Gasteiger partial charge in [-0.05, 0) is 0 Å². The SMILES string of the molecule is CC(=O)N(CC(=O)O)C[C@@H](N)CO. The van der Waals surface area contributed by atoms with Crippen LogP contribution in [-0.2, 0) is 9.59 Å². The zero-order valence-electron chi connectivity index (χ0n) is 7.43. The first-order chi connectivity index (χ1) is 5.97. The summed E-state index contributed by atoms with van der Waals surface area (Å²) in [5, 5.41) is 17.0. The Balaban J connectivity index is 4.10. The number of aliphatic hydroxyl groups excluding tert-OH is 1. The molecule has 0 radical (unpaired) electrons. The third kappa shape index (κ3) is 5.15. The molecule has 0 aromatic carbocycles. The molecule has 0 saturated carbocycles. The van der Waals surface area contributed by atoms with Gasteiger partial charge in [-0.3, -0.25) is 9.59 Å². The molecule has 0 spiro atoms. The minimum Gasteiger partial charge on any atom is -0.480 e. The van der Waals surface area contributed by atoms with Crippen LogP contribution >= 0.6 is 0 Å². The summed E-state index contributed by atoms with van der Waals surface area (Å²) in [6, 6.07) is -0.594. The first kappa shape index (κ1) is 11.9. The fourth-order valence-electron chi connectivity index (χ4n) is 0.809. The lowest BCUT2D eigenvalue weighted by Crippen LogP contribution is -2.44. The van der Waals surface area contributed by atoms with Crippen molar-refractivity contribution in [2.75, 3.05) is 19.7 Å². The number of carbonyl (C=O) groups is 2. The second-order valence-corrected chi connectivity index (χ2v) is 2.74. The fourth-order valence-corrected chi connectivity index (χ4v) is 0.809. The van der Waals surface area contributed by atoms with Crippen LogP contribution < -0.4 is 5.73 Å². The van der Waals surface area contributed by atoms with E-state index in [1.54, 1.807) is 0 Å². The maximum Gasteiger partial charge on any atom is 0.323 e. The molecule has 1 amide bonds. The molecule has 0 aliphatic carbocycles. The summed E-state index contributed by atoms with van der Waals surface area (Å²) < 4.78 is 0. The van der Waals surface area contributed by atoms with Gasteiger partial charge in [0.05, 0.1) is 6.61 Å². The summed E-state index contributed by atoms with van der Waals surface area (Å²) in [5.74, 6) is -1.47. The van der Waals surface area contributed by atoms with E-state index in [2.05, 4.69) is 0 Å². The summed E-state index contributed by atoms with van der Waals surface area (Å²) in [6.07, 6.45) is 0. The second kappa shape index (κ2) is 5.50. The van der Waals surface area contributed by atoms with Gasteiger partial charge in [-0.2, -0.15) is 0 Å². The Morgan fingerprint density at radius 2 is 2.08 bits per heavy atom. The van der Waals surface area contributed by atoms with Crippen molar-refractivity contribution in [1.82, 2.24) is 4.90 Å². The lowest BCUT2D eigenvalue weighted by Gasteiger charge is -2.21. The monoisotopic (exact) mass is 190 g/mol. The van der Waals surface area contributed by atoms with Crippen molar-refractivity contribution in [1.29, 1.82) is 0 Å². The zero-order valence-corrected chi connectivity index (χ0v) is 7.43. The van der Waals surface area contributed by atoms with Crippen LogP contribution in [0.25, 0.3) is 0 Å². The van der Waals surface area contributed by atoms with Crippen LogP contribution in [0.5, 0.6) is 0 Å². The molecule has 6 heteroatoms. The van der Waals surface area contributed by atoms with E-state index < -0.39 is 12.0 Å². The first-order valence-corrected chi connectivity index (χ1v) is 3.81. The van der Waals surface area contributed by atoms with Gasteiger partial charge in [-0.1, -0.05) is 0 Å². The highest BCUT2D eigenvalue weighted by Crippen LogP contribution is 1.91. The maximum absolute atomic E-state index is 10.9. The number of carbonyl (C=O) groups excluding carboxylic acids is 1. The van der Waals surface area contributed by atoms with E-state index >= 15 is 0 Å². The van der Waals surface area contributed by atoms with Crippen LogP contribution in [-0.4, -0.2) is 52.7 Å². The van der Waals surface area contributed by atoms with Crippen molar-refractivity contribution >= 4 is 11.9 Å². The largest absolute Gasteiger partial charge is 0.480 e. The van der Waals surface area contributed by atoms with Gasteiger partial charge in [-0.25, -0.2) is 0 Å². The van der Waals surface area contributed by atoms with Crippen LogP contribution in [0.1, 0.15) is 6.92 Å². The van der Waals surface area contributed by atoms with Crippen molar-refractivity contribution in [2.24, 2.45) is 5.73 Å². The highest BCUT2D eigenvalue weighted by Gasteiger charge is 2.15. The van der Waals surface area contributed by atoms with Crippen LogP contribution in [0.15, 0.2) is 0 Å². The molecule has 13 heavy (non-hydrogen) atoms. The number of hydrogen-bond acceptors (Lipinski definition) is 4. The lowest BCUT2D eigenvalue weighted by molar-refractivity contribution is -0.143. The molecule has 0 heterocycles. The molecule has 0 aromatic rings. The summed E-state index contributed by atoms with van der Waals surface area (Å²) in [6.45, 7) is 0.650. The van der Waals surface area contributed by atoms with E-state index in [0.29, 0.717) is 0 Å². The van der Waals surface area contributed by atoms with Gasteiger partial charge in [0.2, 0.25) is 5.91 Å². The molecule has 0 bridgehead atoms. The van der Waals surface area contributed by atoms with Gasteiger partial charge in [0.15, 0.2) is 0 Å². The van der Waals surface area contributed by atoms with Gasteiger partial charge < -0.3 is 20.8 Å². The average Bonchev–Trinajstić information content (AvgIpc) is 2.02. The summed E-state index contributed by atoms with van der Waals surface area (Å²) in [4.78, 5) is 22.2. The summed E-state index contributed by atoms with van der Waals surface area (Å²) >= 11 is 0. The predicted octanol–water partition coefficient (Wildman–Crippen LogP) is -1.76. The number of nitrogens with two attached hydrogens (primary N) is 1. The fraction of sp³-hybridized carbons (Fsp3) is 0.714. The van der Waals surface area contributed by atoms with E-state index in [-0.39, 0.29) is 25.6 Å². The van der Waals surface area contributed by atoms with E-state index in [9.17, 15) is 9.59 Å². The summed E-state index contributed by atoms with van der Waals surface area (Å²) in [7, 11) is 0. The molecule has 0 rings (SSSR count). The summed E-state index contributed by atoms with van der Waals surface area (Å²) in [5.41, 5.74) is 5.35. The quantitative estimate of drug-likeness (QED) is 0.476. The number of hydrogen-bond donors (Lipinski definition) is 3. The van der Waals surface area contributed by atoms with Crippen molar-refractivity contribution in [2.45, 2.75) is 13.0 Å². The van der Waals surface area contributed by atoms with Gasteiger partial charge in [0.25, 0.3) is 0 Å². The van der Waals surface area contributed by atoms with Crippen LogP contribution in [0.3, 0.4) is 0 Å². The Morgan fingerprint density at radius 1 is 1.54 bits per heavy atom. The number of rotatable bonds is 5. The number of amides is 1. The molecule has 4 N–H and O–H groups in total. The van der Waals surface area contributed by atoms with E-state index in [0.717, 1.165) is 4.90 Å². The number of carboxylic acid groups (broad SMARTS) is 1. The Labute approximate surface area is 75.9 Å². The average molecular weight is 190 g/mol. The zero-order chi connectivity index (χ0) is 10.4. The molecule has 76 valence electrons. The number of aliphatic carboxylic acids is 1. The highest BCUT2D eigenvalue weighted by molar-refractivity contribution is 5.79. The first-order valence-electron chi connectivity index (χ1n) is 3.81. The molecule has 0 aliphatic heterocycles. The Morgan fingerprint density at radius 3 is 2.38 bits per heavy atom. The molecule has 0 aliphatic rings. The molecule has 1 atom stereocenters. The maximum atomic E-state index is 10.9. The van der Waals surface area contributed by atoms with Crippen LogP contribution in [0.2, 0.25) is 0 Å². The van der Waals surface area contributed by atoms with E-state index in [4.69, 9.17) is 15.9 Å². The van der Waals surface area contributed by atoms with Gasteiger partial charge in [-0.15, -0.1) is 0 Å². The minimum atomic E-state index is -1.10. The van der Waals surface area contributed by atoms with Crippen molar-refractivity contribution in [3.05, 3.63) is 0 Å². The van der Waals surface area contributed by atoms with Crippen LogP contribution in [0, 0.1) is 0 Å². The Hall–Kier alpha value is -1.14. The number of aliphatic hydroxyl groups is 1. The van der Waals surface area contributed by atoms with Gasteiger partial charge in [0.1, 0.15) is 6.54 Å². The predicted molar refractivity (Wildman–Crippen MR) is 45.0 cm³/mol. The molecular formula is C7H14N2O4. The van der Waals surface area contributed by atoms with Gasteiger partial charge in [0, 0.05) is 19.5 Å². The minimum absolute atomic E-state index is 0.0537. The standard InChI is InChI=1S/C7H14N2O4/c1-5(11)9(3-7(12)13)2-6(8)4-10/h6,10H,2-4,8H2,1H3,(H,12,13)/t6-/m1/s1.